The Kier molecular flexibility index (Phi) is 4.77. The number of anilines is 2. The fourth-order valence-electron chi connectivity index (χ4n) is 3.71. The number of pyridine rings is 1. The maximum Gasteiger partial charge on any atom is 0.326 e. The number of halogens is 2. The topological polar surface area (TPSA) is 126 Å². The molecule has 0 bridgehead atoms. The second kappa shape index (κ2) is 7.40. The summed E-state index contributed by atoms with van der Waals surface area (Å²) in [5, 5.41) is 26.4. The smallest absolute Gasteiger partial charge is 0.326 e. The normalized spacial score (nSPS) is 17.4. The summed E-state index contributed by atoms with van der Waals surface area (Å²) in [6.07, 6.45) is 5.18. The van der Waals surface area contributed by atoms with Crippen LogP contribution in [0.1, 0.15) is 19.5 Å². The molecule has 0 radical (unpaired) electrons. The van der Waals surface area contributed by atoms with Gasteiger partial charge in [0.25, 0.3) is 0 Å². The lowest BCUT2D eigenvalue weighted by Gasteiger charge is -2.42. The van der Waals surface area contributed by atoms with Crippen LogP contribution >= 0.6 is 23.2 Å². The number of β-amino-alcohol motifs (C(OH)–C–C–N with tert-alkyl or cyclic N) is 1. The van der Waals surface area contributed by atoms with Gasteiger partial charge >= 0.3 is 6.03 Å². The maximum absolute atomic E-state index is 13.2. The van der Waals surface area contributed by atoms with Crippen molar-refractivity contribution >= 4 is 46.3 Å². The highest BCUT2D eigenvalue weighted by Gasteiger charge is 2.43. The first-order valence-electron chi connectivity index (χ1n) is 9.59. The standard InChI is InChI=1S/C19H17Cl2N9O2/c1-19(2)13(31)9-28(12-8-22-15-6-14(21)27-29(15)16(12)19)18(32)26-10-5-11(20)17(23-7-10)30-24-3-4-25-30/h3-8,13,31H,9H2,1-2H3,(H,26,32). The molecule has 1 unspecified atom stereocenters. The Morgan fingerprint density at radius 2 is 1.94 bits per heavy atom. The van der Waals surface area contributed by atoms with Gasteiger partial charge in [0.05, 0.1) is 59.5 Å². The van der Waals surface area contributed by atoms with Gasteiger partial charge in [-0.2, -0.15) is 15.3 Å². The van der Waals surface area contributed by atoms with Crippen LogP contribution < -0.4 is 10.2 Å². The molecule has 1 aliphatic rings. The molecule has 0 fully saturated rings. The van der Waals surface area contributed by atoms with E-state index in [9.17, 15) is 9.90 Å². The Morgan fingerprint density at radius 1 is 1.19 bits per heavy atom. The number of nitrogens with zero attached hydrogens (tertiary/aromatic N) is 8. The lowest BCUT2D eigenvalue weighted by molar-refractivity contribution is 0.0966. The van der Waals surface area contributed by atoms with E-state index in [2.05, 4.69) is 30.6 Å². The largest absolute Gasteiger partial charge is 0.390 e. The van der Waals surface area contributed by atoms with E-state index in [0.717, 1.165) is 0 Å². The predicted molar refractivity (Wildman–Crippen MR) is 118 cm³/mol. The fourth-order valence-corrected chi connectivity index (χ4v) is 4.12. The van der Waals surface area contributed by atoms with Gasteiger partial charge in [-0.3, -0.25) is 4.90 Å². The highest BCUT2D eigenvalue weighted by atomic mass is 35.5. The van der Waals surface area contributed by atoms with Gasteiger partial charge in [0.1, 0.15) is 0 Å². The minimum absolute atomic E-state index is 0.0600. The molecule has 5 heterocycles. The molecule has 13 heteroatoms. The molecule has 2 amide bonds. The number of hydrogen-bond acceptors (Lipinski definition) is 7. The third-order valence-electron chi connectivity index (χ3n) is 5.45. The minimum atomic E-state index is -0.857. The highest BCUT2D eigenvalue weighted by Crippen LogP contribution is 2.40. The molecule has 0 saturated heterocycles. The van der Waals surface area contributed by atoms with Crippen LogP contribution in [0.15, 0.2) is 36.9 Å². The summed E-state index contributed by atoms with van der Waals surface area (Å²) in [6.45, 7) is 3.82. The number of aliphatic hydroxyl groups excluding tert-OH is 1. The molecule has 32 heavy (non-hydrogen) atoms. The Morgan fingerprint density at radius 3 is 2.66 bits per heavy atom. The van der Waals surface area contributed by atoms with Crippen LogP contribution in [0.4, 0.5) is 16.2 Å². The van der Waals surface area contributed by atoms with Gasteiger partial charge in [0.2, 0.25) is 0 Å². The summed E-state index contributed by atoms with van der Waals surface area (Å²) < 4.78 is 1.56. The molecule has 4 aromatic heterocycles. The van der Waals surface area contributed by atoms with Crippen LogP contribution in [0.5, 0.6) is 0 Å². The number of urea groups is 1. The average Bonchev–Trinajstić information content (AvgIpc) is 3.39. The van der Waals surface area contributed by atoms with Gasteiger partial charge in [-0.05, 0) is 6.07 Å². The number of amides is 2. The molecule has 0 saturated carbocycles. The summed E-state index contributed by atoms with van der Waals surface area (Å²) in [5.41, 5.74) is 1.33. The predicted octanol–water partition coefficient (Wildman–Crippen LogP) is 2.70. The van der Waals surface area contributed by atoms with Gasteiger partial charge in [-0.1, -0.05) is 37.0 Å². The van der Waals surface area contributed by atoms with E-state index in [4.69, 9.17) is 23.2 Å². The zero-order valence-corrected chi connectivity index (χ0v) is 18.4. The molecule has 0 aromatic carbocycles. The second-order valence-electron chi connectivity index (χ2n) is 7.86. The van der Waals surface area contributed by atoms with Crippen LogP contribution in [0.3, 0.4) is 0 Å². The molecule has 1 aliphatic heterocycles. The SMILES string of the molecule is CC1(C)c2c(cnc3cc(Cl)nn23)N(C(=O)Nc2cnc(-n3nccn3)c(Cl)c2)CC1O. The summed E-state index contributed by atoms with van der Waals surface area (Å²) in [7, 11) is 0. The minimum Gasteiger partial charge on any atom is -0.390 e. The molecular weight excluding hydrogens is 457 g/mol. The Bertz CT molecular complexity index is 1340. The van der Waals surface area contributed by atoms with Crippen molar-refractivity contribution in [1.29, 1.82) is 0 Å². The highest BCUT2D eigenvalue weighted by molar-refractivity contribution is 6.32. The summed E-state index contributed by atoms with van der Waals surface area (Å²) in [5.74, 6) is 0.331. The summed E-state index contributed by atoms with van der Waals surface area (Å²) >= 11 is 12.4. The molecule has 1 atom stereocenters. The van der Waals surface area contributed by atoms with Crippen LogP contribution in [0.25, 0.3) is 11.5 Å². The fraction of sp³-hybridized carbons (Fsp3) is 0.263. The molecule has 4 aromatic rings. The first-order chi connectivity index (χ1) is 15.3. The van der Waals surface area contributed by atoms with Crippen LogP contribution in [-0.2, 0) is 5.41 Å². The number of fused-ring (bicyclic) bond motifs is 3. The van der Waals surface area contributed by atoms with Gasteiger partial charge in [0.15, 0.2) is 16.6 Å². The quantitative estimate of drug-likeness (QED) is 0.458. The molecule has 164 valence electrons. The van der Waals surface area contributed by atoms with Crippen molar-refractivity contribution in [2.75, 3.05) is 16.8 Å². The van der Waals surface area contributed by atoms with E-state index < -0.39 is 17.6 Å². The first kappa shape index (κ1) is 20.6. The molecule has 11 nitrogen and oxygen atoms in total. The number of nitrogens with one attached hydrogen (secondary N) is 1. The van der Waals surface area contributed by atoms with Crippen molar-refractivity contribution in [3.63, 3.8) is 0 Å². The number of rotatable bonds is 2. The lowest BCUT2D eigenvalue weighted by atomic mass is 9.79. The number of aliphatic hydroxyl groups is 1. The number of carbonyl (C=O) groups is 1. The molecule has 2 N–H and O–H groups in total. The number of hydrogen-bond donors (Lipinski definition) is 2. The van der Waals surface area contributed by atoms with E-state index in [1.54, 1.807) is 22.8 Å². The molecule has 5 rings (SSSR count). The van der Waals surface area contributed by atoms with Crippen molar-refractivity contribution in [1.82, 2.24) is 34.6 Å². The third kappa shape index (κ3) is 3.25. The van der Waals surface area contributed by atoms with Gasteiger partial charge < -0.3 is 10.4 Å². The molecular formula is C19H17Cl2N9O2. The van der Waals surface area contributed by atoms with Crippen molar-refractivity contribution in [3.8, 4) is 5.82 Å². The molecule has 0 aliphatic carbocycles. The van der Waals surface area contributed by atoms with E-state index in [-0.39, 0.29) is 16.7 Å². The Balaban J connectivity index is 1.50. The van der Waals surface area contributed by atoms with E-state index in [0.29, 0.717) is 28.5 Å². The van der Waals surface area contributed by atoms with E-state index >= 15 is 0 Å². The zero-order valence-electron chi connectivity index (χ0n) is 16.9. The van der Waals surface area contributed by atoms with E-state index in [1.807, 2.05) is 13.8 Å². The van der Waals surface area contributed by atoms with Crippen LogP contribution in [-0.4, -0.2) is 58.4 Å². The van der Waals surface area contributed by atoms with Crippen molar-refractivity contribution in [2.45, 2.75) is 25.4 Å². The van der Waals surface area contributed by atoms with Crippen molar-refractivity contribution in [2.24, 2.45) is 0 Å². The first-order valence-corrected chi connectivity index (χ1v) is 10.3. The third-order valence-corrected chi connectivity index (χ3v) is 5.91. The average molecular weight is 474 g/mol. The summed E-state index contributed by atoms with van der Waals surface area (Å²) in [4.78, 5) is 24.4. The maximum atomic E-state index is 13.2. The van der Waals surface area contributed by atoms with Gasteiger partial charge in [-0.25, -0.2) is 19.3 Å². The Labute approximate surface area is 191 Å². The van der Waals surface area contributed by atoms with Gasteiger partial charge in [-0.15, -0.1) is 4.80 Å². The second-order valence-corrected chi connectivity index (χ2v) is 8.65. The zero-order chi connectivity index (χ0) is 22.6. The van der Waals surface area contributed by atoms with Crippen molar-refractivity contribution < 1.29 is 9.90 Å². The number of aromatic nitrogens is 7. The monoisotopic (exact) mass is 473 g/mol. The van der Waals surface area contributed by atoms with E-state index in [1.165, 1.54) is 28.3 Å². The van der Waals surface area contributed by atoms with Crippen molar-refractivity contribution in [3.05, 3.63) is 52.8 Å². The summed E-state index contributed by atoms with van der Waals surface area (Å²) in [6, 6.07) is 2.68. The van der Waals surface area contributed by atoms with Crippen LogP contribution in [0.2, 0.25) is 10.2 Å². The lowest BCUT2D eigenvalue weighted by Crippen LogP contribution is -2.53. The number of carbonyl (C=O) groups excluding carboxylic acids is 1. The molecule has 0 spiro atoms. The van der Waals surface area contributed by atoms with Gasteiger partial charge in [0, 0.05) is 11.5 Å². The Hall–Kier alpha value is -3.28. The van der Waals surface area contributed by atoms with Crippen LogP contribution in [0, 0.1) is 0 Å².